The van der Waals surface area contributed by atoms with Crippen LogP contribution in [-0.4, -0.2) is 34.6 Å². The molecule has 29 heavy (non-hydrogen) atoms. The highest BCUT2D eigenvalue weighted by Gasteiger charge is 2.37. The van der Waals surface area contributed by atoms with Crippen LogP contribution in [0.5, 0.6) is 11.5 Å². The van der Waals surface area contributed by atoms with Gasteiger partial charge in [-0.15, -0.1) is 0 Å². The van der Waals surface area contributed by atoms with E-state index in [2.05, 4.69) is 9.98 Å². The van der Waals surface area contributed by atoms with Crippen molar-refractivity contribution >= 4 is 21.8 Å². The third kappa shape index (κ3) is 5.29. The highest BCUT2D eigenvalue weighted by molar-refractivity contribution is 7.91. The van der Waals surface area contributed by atoms with Crippen molar-refractivity contribution in [2.24, 2.45) is 32.9 Å². The van der Waals surface area contributed by atoms with E-state index in [1.54, 1.807) is 48.5 Å². The fourth-order valence-electron chi connectivity index (χ4n) is 2.61. The van der Waals surface area contributed by atoms with Crippen LogP contribution in [0.2, 0.25) is 0 Å². The van der Waals surface area contributed by atoms with Gasteiger partial charge in [0.2, 0.25) is 9.84 Å². The molecule has 156 valence electrons. The molecule has 2 aromatic rings. The van der Waals surface area contributed by atoms with Gasteiger partial charge >= 0.3 is 0 Å². The molecule has 0 amide bonds. The number of nitrogens with zero attached hydrogens (tertiary/aromatic N) is 2. The van der Waals surface area contributed by atoms with Crippen molar-refractivity contribution in [2.45, 2.75) is 10.7 Å². The van der Waals surface area contributed by atoms with Crippen LogP contribution in [0.15, 0.2) is 58.5 Å². The third-order valence-electron chi connectivity index (χ3n) is 3.96. The van der Waals surface area contributed by atoms with Crippen molar-refractivity contribution in [1.29, 1.82) is 0 Å². The molecule has 2 atom stereocenters. The molecule has 0 aromatic heterocycles. The van der Waals surface area contributed by atoms with Gasteiger partial charge in [-0.1, -0.05) is 24.3 Å². The molecule has 2 aromatic carbocycles. The maximum absolute atomic E-state index is 13.5. The highest BCUT2D eigenvalue weighted by atomic mass is 32.2. The fourth-order valence-corrected chi connectivity index (χ4v) is 4.46. The van der Waals surface area contributed by atoms with Gasteiger partial charge in [-0.3, -0.25) is 0 Å². The van der Waals surface area contributed by atoms with Gasteiger partial charge < -0.3 is 32.4 Å². The Kier molecular flexibility index (Phi) is 6.89. The zero-order valence-electron chi connectivity index (χ0n) is 16.0. The Bertz CT molecular complexity index is 905. The number of methoxy groups -OCH3 is 2. The molecule has 2 rings (SSSR count). The maximum atomic E-state index is 13.5. The number of guanidine groups is 2. The maximum Gasteiger partial charge on any atom is 0.204 e. The van der Waals surface area contributed by atoms with E-state index in [0.29, 0.717) is 22.6 Å². The summed E-state index contributed by atoms with van der Waals surface area (Å²) in [6.07, 6.45) is 0. The average Bonchev–Trinajstić information content (AvgIpc) is 2.70. The zero-order valence-corrected chi connectivity index (χ0v) is 16.8. The Morgan fingerprint density at radius 1 is 0.724 bits per heavy atom. The fraction of sp³-hybridized carbons (Fsp3) is 0.222. The number of aliphatic imine (C=N–C) groups is 2. The van der Waals surface area contributed by atoms with Crippen LogP contribution in [-0.2, 0) is 9.84 Å². The molecule has 0 fully saturated rings. The van der Waals surface area contributed by atoms with Crippen LogP contribution < -0.4 is 32.4 Å². The van der Waals surface area contributed by atoms with Crippen LogP contribution in [0.25, 0.3) is 0 Å². The van der Waals surface area contributed by atoms with Gasteiger partial charge in [0.25, 0.3) is 0 Å². The van der Waals surface area contributed by atoms with E-state index in [9.17, 15) is 8.42 Å². The topological polar surface area (TPSA) is 181 Å². The summed E-state index contributed by atoms with van der Waals surface area (Å²) in [5.41, 5.74) is 22.6. The second kappa shape index (κ2) is 9.15. The number of rotatable bonds is 8. The summed E-state index contributed by atoms with van der Waals surface area (Å²) in [7, 11) is -1.18. The number of ether oxygens (including phenoxy) is 2. The molecule has 0 aliphatic carbocycles. The van der Waals surface area contributed by atoms with Crippen molar-refractivity contribution < 1.29 is 17.9 Å². The van der Waals surface area contributed by atoms with Gasteiger partial charge in [-0.05, 0) is 35.4 Å². The van der Waals surface area contributed by atoms with Gasteiger partial charge in [0, 0.05) is 0 Å². The quantitative estimate of drug-likeness (QED) is 0.349. The van der Waals surface area contributed by atoms with Gasteiger partial charge in [0.1, 0.15) is 11.5 Å². The molecule has 0 saturated heterocycles. The monoisotopic (exact) mass is 420 g/mol. The van der Waals surface area contributed by atoms with E-state index in [1.807, 2.05) is 0 Å². The first-order chi connectivity index (χ1) is 13.7. The SMILES string of the molecule is COc1ccc(C(N=C(N)N)S(=O)(=O)C(N=C(N)N)c2ccc(OC)cc2)cc1. The predicted octanol–water partition coefficient (Wildman–Crippen LogP) is 0.363. The molecule has 0 bridgehead atoms. The minimum absolute atomic E-state index is 0.323. The van der Waals surface area contributed by atoms with E-state index < -0.39 is 32.5 Å². The smallest absolute Gasteiger partial charge is 0.204 e. The van der Waals surface area contributed by atoms with Crippen LogP contribution in [0, 0.1) is 0 Å². The predicted molar refractivity (Wildman–Crippen MR) is 112 cm³/mol. The first kappa shape index (κ1) is 21.8. The van der Waals surface area contributed by atoms with Crippen molar-refractivity contribution in [3.05, 3.63) is 59.7 Å². The first-order valence-electron chi connectivity index (χ1n) is 8.37. The third-order valence-corrected chi connectivity index (χ3v) is 5.96. The second-order valence-electron chi connectivity index (χ2n) is 5.95. The molecular weight excluding hydrogens is 396 g/mol. The summed E-state index contributed by atoms with van der Waals surface area (Å²) in [5, 5.41) is -2.87. The molecule has 11 heteroatoms. The van der Waals surface area contributed by atoms with Crippen LogP contribution in [0.1, 0.15) is 21.9 Å². The Hall–Kier alpha value is -3.47. The molecule has 2 unspecified atom stereocenters. The van der Waals surface area contributed by atoms with Gasteiger partial charge in [-0.2, -0.15) is 0 Å². The summed E-state index contributed by atoms with van der Waals surface area (Å²) in [5.74, 6) is 0.302. The first-order valence-corrected chi connectivity index (χ1v) is 9.98. The zero-order chi connectivity index (χ0) is 21.6. The lowest BCUT2D eigenvalue weighted by Crippen LogP contribution is -2.29. The Morgan fingerprint density at radius 2 is 1.03 bits per heavy atom. The van der Waals surface area contributed by atoms with Crippen molar-refractivity contribution in [1.82, 2.24) is 0 Å². The minimum Gasteiger partial charge on any atom is -0.497 e. The van der Waals surface area contributed by atoms with E-state index >= 15 is 0 Å². The number of hydrogen-bond donors (Lipinski definition) is 4. The molecule has 0 radical (unpaired) electrons. The van der Waals surface area contributed by atoms with Crippen molar-refractivity contribution in [2.75, 3.05) is 14.2 Å². The molecule has 0 aliphatic rings. The Labute approximate surface area is 169 Å². The summed E-state index contributed by atoms with van der Waals surface area (Å²) < 4.78 is 37.2. The van der Waals surface area contributed by atoms with E-state index in [0.717, 1.165) is 0 Å². The average molecular weight is 420 g/mol. The Balaban J connectivity index is 2.62. The second-order valence-corrected chi connectivity index (χ2v) is 8.02. The Morgan fingerprint density at radius 3 is 1.28 bits per heavy atom. The summed E-state index contributed by atoms with van der Waals surface area (Å²) in [6.45, 7) is 0. The van der Waals surface area contributed by atoms with Crippen LogP contribution in [0.4, 0.5) is 0 Å². The molecular formula is C18H24N6O4S. The lowest BCUT2D eigenvalue weighted by molar-refractivity contribution is 0.414. The van der Waals surface area contributed by atoms with Crippen LogP contribution >= 0.6 is 0 Å². The molecule has 0 saturated carbocycles. The molecule has 0 spiro atoms. The number of benzene rings is 2. The summed E-state index contributed by atoms with van der Waals surface area (Å²) in [6, 6.07) is 12.6. The lowest BCUT2D eigenvalue weighted by atomic mass is 10.2. The summed E-state index contributed by atoms with van der Waals surface area (Å²) in [4.78, 5) is 7.86. The number of nitrogens with two attached hydrogens (primary N) is 4. The highest BCUT2D eigenvalue weighted by Crippen LogP contribution is 2.37. The van der Waals surface area contributed by atoms with Gasteiger partial charge in [0.05, 0.1) is 14.2 Å². The van der Waals surface area contributed by atoms with Crippen molar-refractivity contribution in [3.8, 4) is 11.5 Å². The van der Waals surface area contributed by atoms with Crippen LogP contribution in [0.3, 0.4) is 0 Å². The molecule has 0 heterocycles. The summed E-state index contributed by atoms with van der Waals surface area (Å²) >= 11 is 0. The molecule has 8 N–H and O–H groups in total. The largest absolute Gasteiger partial charge is 0.497 e. The standard InChI is InChI=1S/C18H24N6O4S/c1-27-13-7-3-11(4-8-13)15(23-17(19)20)29(25,26)16(24-18(21)22)12-5-9-14(28-2)10-6-12/h3-10,15-16H,1-2H3,(H4,19,20,23)(H4,21,22,24). The molecule has 0 aliphatic heterocycles. The minimum atomic E-state index is -4.18. The lowest BCUT2D eigenvalue weighted by Gasteiger charge is -2.21. The normalized spacial score (nSPS) is 13.0. The van der Waals surface area contributed by atoms with E-state index in [1.165, 1.54) is 14.2 Å². The van der Waals surface area contributed by atoms with E-state index in [4.69, 9.17) is 32.4 Å². The van der Waals surface area contributed by atoms with Gasteiger partial charge in [0.15, 0.2) is 22.7 Å². The number of hydrogen-bond acceptors (Lipinski definition) is 6. The van der Waals surface area contributed by atoms with E-state index in [-0.39, 0.29) is 0 Å². The van der Waals surface area contributed by atoms with Crippen molar-refractivity contribution in [3.63, 3.8) is 0 Å². The number of sulfone groups is 1. The van der Waals surface area contributed by atoms with Gasteiger partial charge in [-0.25, -0.2) is 18.4 Å². The molecule has 10 nitrogen and oxygen atoms in total.